The van der Waals surface area contributed by atoms with Crippen molar-refractivity contribution in [2.45, 2.75) is 13.3 Å². The zero-order chi connectivity index (χ0) is 8.27. The number of hydrogen-bond acceptors (Lipinski definition) is 1. The molecule has 0 unspecified atom stereocenters. The first kappa shape index (κ1) is 8.10. The van der Waals surface area contributed by atoms with Gasteiger partial charge < -0.3 is 0 Å². The quantitative estimate of drug-likeness (QED) is 0.542. The fourth-order valence-corrected chi connectivity index (χ4v) is 0.957. The molecule has 56 valence electrons. The van der Waals surface area contributed by atoms with Crippen molar-refractivity contribution in [2.75, 3.05) is 0 Å². The van der Waals surface area contributed by atoms with Crippen molar-refractivity contribution in [3.63, 3.8) is 0 Å². The summed E-state index contributed by atoms with van der Waals surface area (Å²) in [7, 11) is 0. The smallest absolute Gasteiger partial charge is 0.0988 e. The Hall–Kier alpha value is -1.00. The summed E-state index contributed by atoms with van der Waals surface area (Å²) in [5, 5.41) is 9.30. The van der Waals surface area contributed by atoms with Crippen LogP contribution >= 0.6 is 11.6 Å². The Morgan fingerprint density at radius 2 is 2.27 bits per heavy atom. The van der Waals surface area contributed by atoms with Gasteiger partial charge in [0.1, 0.15) is 0 Å². The number of rotatable bonds is 0. The first-order valence-corrected chi connectivity index (χ1v) is 3.75. The highest BCUT2D eigenvalue weighted by molar-refractivity contribution is 6.31. The van der Waals surface area contributed by atoms with E-state index in [9.17, 15) is 0 Å². The van der Waals surface area contributed by atoms with E-state index in [1.807, 2.05) is 13.0 Å². The predicted octanol–water partition coefficient (Wildman–Crippen LogP) is 2.91. The molecular weight excluding hydrogens is 158 g/mol. The fraction of sp³-hybridized carbons (Fsp3) is 0.222. The van der Waals surface area contributed by atoms with Gasteiger partial charge in [0.15, 0.2) is 0 Å². The third-order valence-corrected chi connectivity index (χ3v) is 2.02. The number of nitrogens with zero attached hydrogens (tertiary/aromatic N) is 1. The third-order valence-electron chi connectivity index (χ3n) is 1.57. The van der Waals surface area contributed by atoms with E-state index in [1.54, 1.807) is 12.2 Å². The molecule has 2 heteroatoms. The summed E-state index contributed by atoms with van der Waals surface area (Å²) in [5.74, 6) is 0. The second kappa shape index (κ2) is 3.41. The Balaban J connectivity index is 2.93. The van der Waals surface area contributed by atoms with Gasteiger partial charge in [0.2, 0.25) is 0 Å². The zero-order valence-corrected chi connectivity index (χ0v) is 7.02. The summed E-state index contributed by atoms with van der Waals surface area (Å²) in [6.45, 7) is 1.96. The van der Waals surface area contributed by atoms with Crippen molar-refractivity contribution in [2.24, 2.45) is 0 Å². The maximum absolute atomic E-state index is 8.56. The third kappa shape index (κ3) is 1.96. The van der Waals surface area contributed by atoms with E-state index in [2.05, 4.69) is 6.07 Å². The highest BCUT2D eigenvalue weighted by Crippen LogP contribution is 2.19. The standard InChI is InChI=1S/C9H8ClN/c1-7-2-3-8(6-11)4-5-9(7)10/h3-5H,2H2,1H3. The van der Waals surface area contributed by atoms with E-state index in [-0.39, 0.29) is 0 Å². The molecular formula is C9H8ClN. The Labute approximate surface area is 71.3 Å². The summed E-state index contributed by atoms with van der Waals surface area (Å²) in [5.41, 5.74) is 1.79. The van der Waals surface area contributed by atoms with Gasteiger partial charge in [0, 0.05) is 10.6 Å². The SMILES string of the molecule is CC1=C(Cl)C=CC(C#N)=CC1. The van der Waals surface area contributed by atoms with Gasteiger partial charge >= 0.3 is 0 Å². The molecule has 0 bridgehead atoms. The zero-order valence-electron chi connectivity index (χ0n) is 6.26. The Kier molecular flexibility index (Phi) is 2.51. The van der Waals surface area contributed by atoms with Gasteiger partial charge in [-0.15, -0.1) is 0 Å². The van der Waals surface area contributed by atoms with Crippen LogP contribution in [0.5, 0.6) is 0 Å². The van der Waals surface area contributed by atoms with Crippen LogP contribution in [-0.4, -0.2) is 0 Å². The van der Waals surface area contributed by atoms with Crippen molar-refractivity contribution in [1.82, 2.24) is 0 Å². The number of nitriles is 1. The molecule has 0 radical (unpaired) electrons. The summed E-state index contributed by atoms with van der Waals surface area (Å²) in [6, 6.07) is 2.07. The lowest BCUT2D eigenvalue weighted by atomic mass is 10.2. The van der Waals surface area contributed by atoms with Crippen molar-refractivity contribution < 1.29 is 0 Å². The lowest BCUT2D eigenvalue weighted by molar-refractivity contribution is 1.20. The van der Waals surface area contributed by atoms with Gasteiger partial charge in [-0.3, -0.25) is 0 Å². The largest absolute Gasteiger partial charge is 0.192 e. The molecule has 0 N–H and O–H groups in total. The highest BCUT2D eigenvalue weighted by Gasteiger charge is 1.99. The van der Waals surface area contributed by atoms with E-state index in [1.165, 1.54) is 0 Å². The molecule has 0 aliphatic heterocycles. The number of halogens is 1. The summed E-state index contributed by atoms with van der Waals surface area (Å²) in [6.07, 6.45) is 6.15. The van der Waals surface area contributed by atoms with Crippen LogP contribution in [0.3, 0.4) is 0 Å². The van der Waals surface area contributed by atoms with Crippen molar-refractivity contribution in [1.29, 1.82) is 5.26 Å². The lowest BCUT2D eigenvalue weighted by Crippen LogP contribution is -1.73. The molecule has 1 nitrogen and oxygen atoms in total. The van der Waals surface area contributed by atoms with Crippen LogP contribution < -0.4 is 0 Å². The van der Waals surface area contributed by atoms with E-state index in [0.29, 0.717) is 5.57 Å². The average molecular weight is 166 g/mol. The number of hydrogen-bond donors (Lipinski definition) is 0. The van der Waals surface area contributed by atoms with Gasteiger partial charge in [-0.2, -0.15) is 5.26 Å². The molecule has 0 amide bonds. The fourth-order valence-electron chi connectivity index (χ4n) is 0.817. The van der Waals surface area contributed by atoms with E-state index in [0.717, 1.165) is 17.0 Å². The van der Waals surface area contributed by atoms with Crippen molar-refractivity contribution in [3.05, 3.63) is 34.4 Å². The van der Waals surface area contributed by atoms with E-state index in [4.69, 9.17) is 16.9 Å². The molecule has 0 aromatic carbocycles. The summed E-state index contributed by atoms with van der Waals surface area (Å²) in [4.78, 5) is 0. The van der Waals surface area contributed by atoms with Crippen molar-refractivity contribution >= 4 is 11.6 Å². The minimum Gasteiger partial charge on any atom is -0.192 e. The second-order valence-electron chi connectivity index (χ2n) is 2.44. The molecule has 11 heavy (non-hydrogen) atoms. The molecule has 0 heterocycles. The molecule has 0 aromatic rings. The lowest BCUT2D eigenvalue weighted by Gasteiger charge is -1.93. The second-order valence-corrected chi connectivity index (χ2v) is 2.84. The van der Waals surface area contributed by atoms with Crippen molar-refractivity contribution in [3.8, 4) is 6.07 Å². The van der Waals surface area contributed by atoms with Crippen LogP contribution in [0.15, 0.2) is 34.4 Å². The van der Waals surface area contributed by atoms with Gasteiger partial charge in [0.25, 0.3) is 0 Å². The highest BCUT2D eigenvalue weighted by atomic mass is 35.5. The average Bonchev–Trinajstić information content (AvgIpc) is 2.16. The van der Waals surface area contributed by atoms with Gasteiger partial charge in [-0.1, -0.05) is 23.3 Å². The molecule has 1 aliphatic rings. The monoisotopic (exact) mass is 165 g/mol. The normalized spacial score (nSPS) is 17.4. The summed E-state index contributed by atoms with van der Waals surface area (Å²) < 4.78 is 0. The van der Waals surface area contributed by atoms with Gasteiger partial charge in [-0.05, 0) is 25.5 Å². The van der Waals surface area contributed by atoms with Gasteiger partial charge in [-0.25, -0.2) is 0 Å². The molecule has 0 atom stereocenters. The molecule has 1 rings (SSSR count). The molecule has 0 saturated carbocycles. The van der Waals surface area contributed by atoms with Crippen LogP contribution in [0, 0.1) is 11.3 Å². The first-order chi connectivity index (χ1) is 5.24. The minimum atomic E-state index is 0.681. The van der Waals surface area contributed by atoms with E-state index < -0.39 is 0 Å². The molecule has 0 fully saturated rings. The Bertz CT molecular complexity index is 289. The maximum atomic E-state index is 8.56. The first-order valence-electron chi connectivity index (χ1n) is 3.37. The predicted molar refractivity (Wildman–Crippen MR) is 46.0 cm³/mol. The molecule has 0 spiro atoms. The Morgan fingerprint density at radius 3 is 2.91 bits per heavy atom. The Morgan fingerprint density at radius 1 is 1.55 bits per heavy atom. The molecule has 0 aromatic heterocycles. The minimum absolute atomic E-state index is 0.681. The molecule has 1 aliphatic carbocycles. The maximum Gasteiger partial charge on any atom is 0.0988 e. The van der Waals surface area contributed by atoms with E-state index >= 15 is 0 Å². The van der Waals surface area contributed by atoms with Crippen LogP contribution in [0.2, 0.25) is 0 Å². The van der Waals surface area contributed by atoms with Crippen LogP contribution in [-0.2, 0) is 0 Å². The molecule has 0 saturated heterocycles. The van der Waals surface area contributed by atoms with Crippen LogP contribution in [0.4, 0.5) is 0 Å². The summed E-state index contributed by atoms with van der Waals surface area (Å²) >= 11 is 5.84. The topological polar surface area (TPSA) is 23.8 Å². The van der Waals surface area contributed by atoms with Crippen LogP contribution in [0.1, 0.15) is 13.3 Å². The van der Waals surface area contributed by atoms with Crippen LogP contribution in [0.25, 0.3) is 0 Å². The number of allylic oxidation sites excluding steroid dienone is 6. The van der Waals surface area contributed by atoms with Gasteiger partial charge in [0.05, 0.1) is 6.07 Å².